The minimum atomic E-state index is -0.338. The Morgan fingerprint density at radius 2 is 2.14 bits per heavy atom. The van der Waals surface area contributed by atoms with E-state index >= 15 is 0 Å². The highest BCUT2D eigenvalue weighted by Gasteiger charge is 2.18. The molecule has 0 spiro atoms. The average Bonchev–Trinajstić information content (AvgIpc) is 2.19. The Morgan fingerprint density at radius 3 is 2.64 bits per heavy atom. The van der Waals surface area contributed by atoms with E-state index in [9.17, 15) is 0 Å². The number of aromatic nitrogens is 1. The van der Waals surface area contributed by atoms with Crippen LogP contribution in [0, 0.1) is 0 Å². The Kier molecular flexibility index (Phi) is 4.41. The van der Waals surface area contributed by atoms with Gasteiger partial charge in [-0.15, -0.1) is 0 Å². The van der Waals surface area contributed by atoms with Crippen molar-refractivity contribution in [2.45, 2.75) is 6.04 Å². The van der Waals surface area contributed by atoms with Crippen molar-refractivity contribution in [3.05, 3.63) is 27.0 Å². The molecule has 1 rings (SSSR count). The van der Waals surface area contributed by atoms with Crippen molar-refractivity contribution in [3.63, 3.8) is 0 Å². The standard InChI is InChI=1S/C8H9Cl3N2O/c1-12-5(3-14)6-4(9)2-13-8(11)7(6)10/h2,5,12,14H,3H2,1H3. The van der Waals surface area contributed by atoms with Crippen LogP contribution in [-0.4, -0.2) is 23.7 Å². The van der Waals surface area contributed by atoms with E-state index in [1.807, 2.05) is 0 Å². The second-order valence-corrected chi connectivity index (χ2v) is 3.79. The molecule has 2 N–H and O–H groups in total. The Morgan fingerprint density at radius 1 is 1.50 bits per heavy atom. The van der Waals surface area contributed by atoms with Gasteiger partial charge in [0.15, 0.2) is 0 Å². The van der Waals surface area contributed by atoms with Crippen molar-refractivity contribution in [3.8, 4) is 0 Å². The summed E-state index contributed by atoms with van der Waals surface area (Å²) < 4.78 is 0. The number of halogens is 3. The lowest BCUT2D eigenvalue weighted by Crippen LogP contribution is -2.21. The van der Waals surface area contributed by atoms with E-state index in [0.29, 0.717) is 10.6 Å². The SMILES string of the molecule is CNC(CO)c1c(Cl)cnc(Cl)c1Cl. The Labute approximate surface area is 97.0 Å². The maximum atomic E-state index is 9.08. The molecular weight excluding hydrogens is 246 g/mol. The molecular formula is C8H9Cl3N2O. The molecule has 0 radical (unpaired) electrons. The molecule has 0 amide bonds. The normalized spacial score (nSPS) is 12.9. The van der Waals surface area contributed by atoms with Crippen molar-refractivity contribution >= 4 is 34.8 Å². The maximum Gasteiger partial charge on any atom is 0.148 e. The topological polar surface area (TPSA) is 45.1 Å². The summed E-state index contributed by atoms with van der Waals surface area (Å²) in [6.45, 7) is -0.115. The van der Waals surface area contributed by atoms with Gasteiger partial charge in [0.05, 0.1) is 22.7 Å². The lowest BCUT2D eigenvalue weighted by Gasteiger charge is -2.16. The number of nitrogens with zero attached hydrogens (tertiary/aromatic N) is 1. The van der Waals surface area contributed by atoms with Gasteiger partial charge in [-0.1, -0.05) is 34.8 Å². The molecule has 78 valence electrons. The van der Waals surface area contributed by atoms with Crippen molar-refractivity contribution in [2.75, 3.05) is 13.7 Å². The fourth-order valence-electron chi connectivity index (χ4n) is 1.10. The summed E-state index contributed by atoms with van der Waals surface area (Å²) in [6.07, 6.45) is 1.41. The van der Waals surface area contributed by atoms with Gasteiger partial charge in [0, 0.05) is 11.8 Å². The zero-order chi connectivity index (χ0) is 10.7. The molecule has 1 unspecified atom stereocenters. The number of nitrogens with one attached hydrogen (secondary N) is 1. The first kappa shape index (κ1) is 12.0. The molecule has 0 aliphatic rings. The number of hydrogen-bond donors (Lipinski definition) is 2. The fourth-order valence-corrected chi connectivity index (χ4v) is 1.86. The van der Waals surface area contributed by atoms with E-state index in [2.05, 4.69) is 10.3 Å². The third-order valence-electron chi connectivity index (χ3n) is 1.85. The van der Waals surface area contributed by atoms with E-state index in [0.717, 1.165) is 0 Å². The zero-order valence-electron chi connectivity index (χ0n) is 7.39. The van der Waals surface area contributed by atoms with Crippen LogP contribution in [0.5, 0.6) is 0 Å². The van der Waals surface area contributed by atoms with Gasteiger partial charge < -0.3 is 10.4 Å². The molecule has 14 heavy (non-hydrogen) atoms. The summed E-state index contributed by atoms with van der Waals surface area (Å²) in [5.41, 5.74) is 0.568. The molecule has 0 saturated heterocycles. The molecule has 0 aliphatic heterocycles. The highest BCUT2D eigenvalue weighted by molar-refractivity contribution is 6.43. The van der Waals surface area contributed by atoms with E-state index in [-0.39, 0.29) is 22.8 Å². The first-order chi connectivity index (χ1) is 6.61. The molecule has 0 aliphatic carbocycles. The lowest BCUT2D eigenvalue weighted by atomic mass is 10.1. The number of likely N-dealkylation sites (N-methyl/N-ethyl adjacent to an activating group) is 1. The minimum Gasteiger partial charge on any atom is -0.394 e. The summed E-state index contributed by atoms with van der Waals surface area (Å²) in [5, 5.41) is 12.8. The Bertz CT molecular complexity index is 329. The molecule has 6 heteroatoms. The Balaban J connectivity index is 3.23. The number of aliphatic hydroxyl groups is 1. The van der Waals surface area contributed by atoms with E-state index in [1.165, 1.54) is 6.20 Å². The van der Waals surface area contributed by atoms with Gasteiger partial charge in [-0.25, -0.2) is 4.98 Å². The van der Waals surface area contributed by atoms with Crippen molar-refractivity contribution < 1.29 is 5.11 Å². The molecule has 0 bridgehead atoms. The molecule has 3 nitrogen and oxygen atoms in total. The van der Waals surface area contributed by atoms with Gasteiger partial charge in [-0.2, -0.15) is 0 Å². The van der Waals surface area contributed by atoms with Gasteiger partial charge >= 0.3 is 0 Å². The van der Waals surface area contributed by atoms with Crippen LogP contribution < -0.4 is 5.32 Å². The molecule has 1 heterocycles. The number of pyridine rings is 1. The number of hydrogen-bond acceptors (Lipinski definition) is 3. The zero-order valence-corrected chi connectivity index (χ0v) is 9.66. The third-order valence-corrected chi connectivity index (χ3v) is 2.91. The van der Waals surface area contributed by atoms with Crippen molar-refractivity contribution in [1.29, 1.82) is 0 Å². The number of rotatable bonds is 3. The highest BCUT2D eigenvalue weighted by atomic mass is 35.5. The van der Waals surface area contributed by atoms with Gasteiger partial charge in [0.25, 0.3) is 0 Å². The van der Waals surface area contributed by atoms with Crippen LogP contribution in [0.25, 0.3) is 0 Å². The van der Waals surface area contributed by atoms with Gasteiger partial charge in [0.2, 0.25) is 0 Å². The van der Waals surface area contributed by atoms with E-state index in [4.69, 9.17) is 39.9 Å². The highest BCUT2D eigenvalue weighted by Crippen LogP contribution is 2.33. The van der Waals surface area contributed by atoms with E-state index < -0.39 is 0 Å². The van der Waals surface area contributed by atoms with Gasteiger partial charge in [-0.05, 0) is 7.05 Å². The second kappa shape index (κ2) is 5.14. The third kappa shape index (κ3) is 2.30. The Hall–Kier alpha value is -0.0600. The molecule has 0 aromatic carbocycles. The van der Waals surface area contributed by atoms with Crippen LogP contribution in [0.15, 0.2) is 6.20 Å². The summed E-state index contributed by atoms with van der Waals surface area (Å²) in [6, 6.07) is -0.338. The molecule has 1 atom stereocenters. The van der Waals surface area contributed by atoms with Gasteiger partial charge in [-0.3, -0.25) is 0 Å². The first-order valence-corrected chi connectivity index (χ1v) is 5.02. The van der Waals surface area contributed by atoms with Crippen molar-refractivity contribution in [1.82, 2.24) is 10.3 Å². The second-order valence-electron chi connectivity index (χ2n) is 2.65. The lowest BCUT2D eigenvalue weighted by molar-refractivity contribution is 0.251. The minimum absolute atomic E-state index is 0.115. The average molecular weight is 256 g/mol. The first-order valence-electron chi connectivity index (χ1n) is 3.89. The van der Waals surface area contributed by atoms with Crippen LogP contribution >= 0.6 is 34.8 Å². The van der Waals surface area contributed by atoms with Crippen LogP contribution in [0.3, 0.4) is 0 Å². The predicted molar refractivity (Wildman–Crippen MR) is 58.2 cm³/mol. The summed E-state index contributed by atoms with van der Waals surface area (Å²) >= 11 is 17.6. The van der Waals surface area contributed by atoms with E-state index in [1.54, 1.807) is 7.05 Å². The monoisotopic (exact) mass is 254 g/mol. The summed E-state index contributed by atoms with van der Waals surface area (Å²) in [7, 11) is 1.70. The molecule has 1 aromatic rings. The van der Waals surface area contributed by atoms with Gasteiger partial charge in [0.1, 0.15) is 5.15 Å². The molecule has 0 saturated carbocycles. The van der Waals surface area contributed by atoms with Crippen molar-refractivity contribution in [2.24, 2.45) is 0 Å². The molecule has 0 fully saturated rings. The van der Waals surface area contributed by atoms with Crippen LogP contribution in [0.1, 0.15) is 11.6 Å². The van der Waals surface area contributed by atoms with Crippen LogP contribution in [0.4, 0.5) is 0 Å². The maximum absolute atomic E-state index is 9.08. The predicted octanol–water partition coefficient (Wildman–Crippen LogP) is 2.29. The van der Waals surface area contributed by atoms with Crippen LogP contribution in [0.2, 0.25) is 15.2 Å². The fraction of sp³-hybridized carbons (Fsp3) is 0.375. The van der Waals surface area contributed by atoms with Crippen LogP contribution in [-0.2, 0) is 0 Å². The number of aliphatic hydroxyl groups excluding tert-OH is 1. The largest absolute Gasteiger partial charge is 0.394 e. The smallest absolute Gasteiger partial charge is 0.148 e. The summed E-state index contributed by atoms with van der Waals surface area (Å²) in [5.74, 6) is 0. The molecule has 1 aromatic heterocycles. The summed E-state index contributed by atoms with van der Waals surface area (Å²) in [4.78, 5) is 3.78. The quantitative estimate of drug-likeness (QED) is 0.815.